The Morgan fingerprint density at radius 2 is 1.89 bits per heavy atom. The largest absolute Gasteiger partial charge is 0.298 e. The minimum Gasteiger partial charge on any atom is -0.298 e. The van der Waals surface area contributed by atoms with Gasteiger partial charge in [-0.3, -0.25) is 10.1 Å². The Morgan fingerprint density at radius 1 is 1.07 bits per heavy atom. The molecule has 1 amide bonds. The Bertz CT molecular complexity index is 1020. The van der Waals surface area contributed by atoms with Gasteiger partial charge in [0.05, 0.1) is 20.1 Å². The number of benzene rings is 2. The van der Waals surface area contributed by atoms with Gasteiger partial charge in [0.15, 0.2) is 5.13 Å². The molecule has 0 aliphatic heterocycles. The quantitative estimate of drug-likeness (QED) is 0.419. The Morgan fingerprint density at radius 3 is 2.67 bits per heavy atom. The second-order valence-corrected chi connectivity index (χ2v) is 8.23. The molecule has 0 radical (unpaired) electrons. The van der Waals surface area contributed by atoms with Crippen LogP contribution in [-0.4, -0.2) is 10.9 Å². The van der Waals surface area contributed by atoms with E-state index < -0.39 is 0 Å². The van der Waals surface area contributed by atoms with Crippen molar-refractivity contribution in [3.8, 4) is 0 Å². The predicted molar refractivity (Wildman–Crippen MR) is 116 cm³/mol. The first-order chi connectivity index (χ1) is 12.9. The van der Waals surface area contributed by atoms with Crippen LogP contribution in [0, 0.1) is 0 Å². The highest BCUT2D eigenvalue weighted by atomic mass is 35.5. The molecular weight excluding hydrogens is 446 g/mol. The highest BCUT2D eigenvalue weighted by Gasteiger charge is 2.09. The fourth-order valence-electron chi connectivity index (χ4n) is 2.25. The molecule has 1 aromatic heterocycles. The van der Waals surface area contributed by atoms with Crippen molar-refractivity contribution in [1.82, 2.24) is 4.98 Å². The van der Waals surface area contributed by atoms with E-state index in [1.165, 1.54) is 17.4 Å². The molecule has 0 saturated heterocycles. The predicted octanol–water partition coefficient (Wildman–Crippen LogP) is 7.00. The molecule has 0 aliphatic carbocycles. The van der Waals surface area contributed by atoms with Crippen LogP contribution < -0.4 is 5.32 Å². The summed E-state index contributed by atoms with van der Waals surface area (Å²) in [6.45, 7) is 0. The maximum Gasteiger partial charge on any atom is 0.250 e. The molecule has 0 aliphatic rings. The first-order valence-corrected chi connectivity index (χ1v) is 10.1. The van der Waals surface area contributed by atoms with Crippen molar-refractivity contribution in [2.24, 2.45) is 0 Å². The third-order valence-electron chi connectivity index (χ3n) is 3.55. The van der Waals surface area contributed by atoms with Crippen LogP contribution >= 0.6 is 57.7 Å². The fourth-order valence-corrected chi connectivity index (χ4v) is 3.79. The summed E-state index contributed by atoms with van der Waals surface area (Å²) >= 11 is 25.5. The zero-order valence-corrected chi connectivity index (χ0v) is 17.5. The fraction of sp³-hybridized carbons (Fsp3) is 0.0526. The van der Waals surface area contributed by atoms with Crippen LogP contribution in [0.1, 0.15) is 16.0 Å². The van der Waals surface area contributed by atoms with Crippen LogP contribution in [0.25, 0.3) is 6.08 Å². The average molecular weight is 458 g/mol. The summed E-state index contributed by atoms with van der Waals surface area (Å²) in [5.41, 5.74) is 1.68. The smallest absolute Gasteiger partial charge is 0.250 e. The first kappa shape index (κ1) is 20.2. The van der Waals surface area contributed by atoms with Gasteiger partial charge >= 0.3 is 0 Å². The number of aromatic nitrogens is 1. The van der Waals surface area contributed by atoms with Gasteiger partial charge in [-0.05, 0) is 35.4 Å². The molecule has 0 atom stereocenters. The normalized spacial score (nSPS) is 11.1. The molecule has 0 unspecified atom stereocenters. The topological polar surface area (TPSA) is 42.0 Å². The second-order valence-electron chi connectivity index (χ2n) is 5.52. The van der Waals surface area contributed by atoms with Crippen molar-refractivity contribution < 1.29 is 4.79 Å². The number of nitrogens with zero attached hydrogens (tertiary/aromatic N) is 1. The monoisotopic (exact) mass is 456 g/mol. The molecule has 0 bridgehead atoms. The summed E-state index contributed by atoms with van der Waals surface area (Å²) in [5, 5.41) is 5.18. The maximum absolute atomic E-state index is 12.1. The molecule has 0 saturated carbocycles. The lowest BCUT2D eigenvalue weighted by molar-refractivity contribution is -0.111. The second kappa shape index (κ2) is 9.09. The van der Waals surface area contributed by atoms with E-state index in [9.17, 15) is 4.79 Å². The summed E-state index contributed by atoms with van der Waals surface area (Å²) in [6, 6.07) is 10.6. The average Bonchev–Trinajstić information content (AvgIpc) is 3.07. The number of carbonyl (C=O) groups excluding carboxylic acids is 1. The molecule has 0 spiro atoms. The van der Waals surface area contributed by atoms with Gasteiger partial charge in [0.1, 0.15) is 0 Å². The Kier molecular flexibility index (Phi) is 6.79. The van der Waals surface area contributed by atoms with Crippen LogP contribution in [0.3, 0.4) is 0 Å². The highest BCUT2D eigenvalue weighted by Crippen LogP contribution is 2.29. The van der Waals surface area contributed by atoms with Gasteiger partial charge in [-0.2, -0.15) is 0 Å². The van der Waals surface area contributed by atoms with Crippen molar-refractivity contribution in [3.63, 3.8) is 0 Å². The van der Waals surface area contributed by atoms with E-state index in [0.29, 0.717) is 31.6 Å². The van der Waals surface area contributed by atoms with Crippen molar-refractivity contribution in [2.75, 3.05) is 5.32 Å². The SMILES string of the molecule is O=C(C=Cc1ccc(Cl)c(Cl)c1)Nc1ncc(Cc2cccc(Cl)c2Cl)s1. The molecule has 3 aromatic rings. The van der Waals surface area contributed by atoms with Crippen molar-refractivity contribution >= 4 is 74.9 Å². The van der Waals surface area contributed by atoms with Gasteiger partial charge in [0, 0.05) is 23.6 Å². The van der Waals surface area contributed by atoms with Crippen LogP contribution in [0.5, 0.6) is 0 Å². The Balaban J connectivity index is 1.63. The zero-order valence-electron chi connectivity index (χ0n) is 13.7. The van der Waals surface area contributed by atoms with Crippen molar-refractivity contribution in [3.05, 3.63) is 84.8 Å². The zero-order chi connectivity index (χ0) is 19.4. The lowest BCUT2D eigenvalue weighted by Gasteiger charge is -2.03. The lowest BCUT2D eigenvalue weighted by Crippen LogP contribution is -2.07. The standard InChI is InChI=1S/C19H12Cl4N2OS/c20-14-6-4-11(8-16(14)22)5-7-17(26)25-19-24-10-13(27-19)9-12-2-1-3-15(21)18(12)23/h1-8,10H,9H2,(H,24,25,26). The number of thiazole rings is 1. The molecular formula is C19H12Cl4N2OS. The summed E-state index contributed by atoms with van der Waals surface area (Å²) in [6.07, 6.45) is 5.36. The van der Waals surface area contributed by atoms with E-state index >= 15 is 0 Å². The number of hydrogen-bond acceptors (Lipinski definition) is 3. The van der Waals surface area contributed by atoms with E-state index in [-0.39, 0.29) is 5.91 Å². The van der Waals surface area contributed by atoms with Crippen LogP contribution in [-0.2, 0) is 11.2 Å². The van der Waals surface area contributed by atoms with Crippen molar-refractivity contribution in [2.45, 2.75) is 6.42 Å². The molecule has 3 nitrogen and oxygen atoms in total. The van der Waals surface area contributed by atoms with Gasteiger partial charge in [0.25, 0.3) is 0 Å². The van der Waals surface area contributed by atoms with Gasteiger partial charge in [-0.15, -0.1) is 11.3 Å². The molecule has 2 aromatic carbocycles. The van der Waals surface area contributed by atoms with E-state index in [1.807, 2.05) is 12.1 Å². The number of rotatable bonds is 5. The number of hydrogen-bond donors (Lipinski definition) is 1. The minimum atomic E-state index is -0.289. The van der Waals surface area contributed by atoms with Gasteiger partial charge < -0.3 is 0 Å². The van der Waals surface area contributed by atoms with Gasteiger partial charge in [0.2, 0.25) is 5.91 Å². The van der Waals surface area contributed by atoms with Gasteiger partial charge in [-0.25, -0.2) is 4.98 Å². The van der Waals surface area contributed by atoms with E-state index in [1.54, 1.807) is 36.5 Å². The van der Waals surface area contributed by atoms with E-state index in [4.69, 9.17) is 46.4 Å². The minimum absolute atomic E-state index is 0.289. The molecule has 3 rings (SSSR count). The summed E-state index contributed by atoms with van der Waals surface area (Å²) in [7, 11) is 0. The third-order valence-corrected chi connectivity index (χ3v) is 6.06. The number of amides is 1. The number of anilines is 1. The van der Waals surface area contributed by atoms with Gasteiger partial charge in [-0.1, -0.05) is 64.6 Å². The Labute approximate surface area is 180 Å². The summed E-state index contributed by atoms with van der Waals surface area (Å²) < 4.78 is 0. The molecule has 1 heterocycles. The number of nitrogens with one attached hydrogen (secondary N) is 1. The van der Waals surface area contributed by atoms with Crippen LogP contribution in [0.2, 0.25) is 20.1 Å². The molecule has 8 heteroatoms. The molecule has 27 heavy (non-hydrogen) atoms. The maximum atomic E-state index is 12.1. The van der Waals surface area contributed by atoms with E-state index in [2.05, 4.69) is 10.3 Å². The number of carbonyl (C=O) groups is 1. The first-order valence-electron chi connectivity index (χ1n) is 7.74. The van der Waals surface area contributed by atoms with Crippen LogP contribution in [0.4, 0.5) is 5.13 Å². The van der Waals surface area contributed by atoms with Crippen molar-refractivity contribution in [1.29, 1.82) is 0 Å². The summed E-state index contributed by atoms with van der Waals surface area (Å²) in [4.78, 5) is 17.3. The Hall–Kier alpha value is -1.56. The number of halogens is 4. The third kappa shape index (κ3) is 5.47. The highest BCUT2D eigenvalue weighted by molar-refractivity contribution is 7.15. The molecule has 1 N–H and O–H groups in total. The van der Waals surface area contributed by atoms with Crippen LogP contribution in [0.15, 0.2) is 48.7 Å². The molecule has 138 valence electrons. The van der Waals surface area contributed by atoms with E-state index in [0.717, 1.165) is 16.0 Å². The lowest BCUT2D eigenvalue weighted by atomic mass is 10.1. The molecule has 0 fully saturated rings. The summed E-state index contributed by atoms with van der Waals surface area (Å²) in [5.74, 6) is -0.289.